The number of likely N-dealkylation sites (tertiary alicyclic amines) is 1. The van der Waals surface area contributed by atoms with Gasteiger partial charge in [-0.15, -0.1) is 0 Å². The van der Waals surface area contributed by atoms with Crippen LogP contribution in [0.4, 0.5) is 18.0 Å². The zero-order valence-corrected chi connectivity index (χ0v) is 22.8. The number of fused-ring (bicyclic) bond motifs is 3. The molecule has 12 heteroatoms. The second kappa shape index (κ2) is 13.4. The van der Waals surface area contributed by atoms with Gasteiger partial charge in [-0.3, -0.25) is 4.79 Å². The van der Waals surface area contributed by atoms with Crippen molar-refractivity contribution < 1.29 is 47.3 Å². The summed E-state index contributed by atoms with van der Waals surface area (Å²) in [5, 5.41) is 19.4. The Hall–Kier alpha value is -4.87. The van der Waals surface area contributed by atoms with Gasteiger partial charge < -0.3 is 25.2 Å². The van der Waals surface area contributed by atoms with Crippen LogP contribution in [0.5, 0.6) is 0 Å². The van der Waals surface area contributed by atoms with Crippen molar-refractivity contribution in [3.05, 3.63) is 95.6 Å². The lowest BCUT2D eigenvalue weighted by Crippen LogP contribution is -2.52. The Kier molecular flexibility index (Phi) is 9.69. The summed E-state index contributed by atoms with van der Waals surface area (Å²) in [5.74, 6) is -4.29. The van der Waals surface area contributed by atoms with Crippen LogP contribution in [0.1, 0.15) is 35.4 Å². The SMILES string of the molecule is O=C(N[C@@H](Cc1ccccc1)C(=O)N1CCC[C@H]1C(=O)O)OCC1c2ccccc2-c2ccccc21.O=C(O)C(F)(F)F. The average molecular weight is 599 g/mol. The second-order valence-corrected chi connectivity index (χ2v) is 10.0. The summed E-state index contributed by atoms with van der Waals surface area (Å²) in [7, 11) is 0. The number of aliphatic carboxylic acids is 2. The van der Waals surface area contributed by atoms with Crippen LogP contribution in [0.25, 0.3) is 11.1 Å². The minimum Gasteiger partial charge on any atom is -0.480 e. The summed E-state index contributed by atoms with van der Waals surface area (Å²) in [4.78, 5) is 48.2. The standard InChI is InChI=1S/C29H28N2O5.C2HF3O2/c32-27(31-16-8-15-26(31)28(33)34)25(17-19-9-2-1-3-10-19)30-29(35)36-18-24-22-13-6-4-11-20(22)21-12-5-7-14-23(21)24;3-2(4,5)1(6)7/h1-7,9-14,24-26H,8,15-18H2,(H,30,35)(H,33,34);(H,6,7)/t25-,26-;/m0./s1. The van der Waals surface area contributed by atoms with Gasteiger partial charge in [0.25, 0.3) is 0 Å². The van der Waals surface area contributed by atoms with E-state index >= 15 is 0 Å². The number of nitrogens with zero attached hydrogens (tertiary/aromatic N) is 1. The maximum atomic E-state index is 13.4. The van der Waals surface area contributed by atoms with E-state index in [0.717, 1.165) is 27.8 Å². The third kappa shape index (κ3) is 7.51. The van der Waals surface area contributed by atoms with Crippen LogP contribution in [-0.4, -0.2) is 70.5 Å². The Morgan fingerprint density at radius 1 is 0.884 bits per heavy atom. The molecule has 1 aliphatic heterocycles. The van der Waals surface area contributed by atoms with Crippen molar-refractivity contribution in [2.24, 2.45) is 0 Å². The molecule has 226 valence electrons. The molecular weight excluding hydrogens is 569 g/mol. The van der Waals surface area contributed by atoms with Crippen LogP contribution in [0.2, 0.25) is 0 Å². The lowest BCUT2D eigenvalue weighted by molar-refractivity contribution is -0.192. The molecule has 1 heterocycles. The van der Waals surface area contributed by atoms with E-state index in [1.165, 1.54) is 4.90 Å². The number of carboxylic acid groups (broad SMARTS) is 2. The van der Waals surface area contributed by atoms with E-state index in [9.17, 15) is 32.7 Å². The molecule has 5 rings (SSSR count). The number of alkyl carbamates (subject to hydrolysis) is 1. The molecule has 0 saturated carbocycles. The molecule has 43 heavy (non-hydrogen) atoms. The molecule has 0 aromatic heterocycles. The normalized spacial score (nSPS) is 16.3. The first-order chi connectivity index (χ1) is 20.5. The molecule has 0 spiro atoms. The maximum absolute atomic E-state index is 13.4. The predicted octanol–water partition coefficient (Wildman–Crippen LogP) is 4.85. The van der Waals surface area contributed by atoms with E-state index in [0.29, 0.717) is 19.4 Å². The number of carboxylic acids is 2. The van der Waals surface area contributed by atoms with Crippen molar-refractivity contribution in [1.29, 1.82) is 0 Å². The molecule has 1 aliphatic carbocycles. The molecule has 3 aromatic rings. The molecule has 3 aromatic carbocycles. The number of amides is 2. The first kappa shape index (κ1) is 31.1. The lowest BCUT2D eigenvalue weighted by atomic mass is 9.98. The molecule has 1 fully saturated rings. The summed E-state index contributed by atoms with van der Waals surface area (Å²) >= 11 is 0. The highest BCUT2D eigenvalue weighted by Crippen LogP contribution is 2.44. The van der Waals surface area contributed by atoms with Crippen LogP contribution in [0.15, 0.2) is 78.9 Å². The van der Waals surface area contributed by atoms with Gasteiger partial charge in [0, 0.05) is 18.9 Å². The topological polar surface area (TPSA) is 133 Å². The van der Waals surface area contributed by atoms with E-state index in [2.05, 4.69) is 17.4 Å². The van der Waals surface area contributed by atoms with Gasteiger partial charge in [0.1, 0.15) is 18.7 Å². The van der Waals surface area contributed by atoms with Crippen molar-refractivity contribution >= 4 is 23.9 Å². The van der Waals surface area contributed by atoms with Crippen molar-refractivity contribution in [1.82, 2.24) is 10.2 Å². The Morgan fingerprint density at radius 2 is 1.42 bits per heavy atom. The Morgan fingerprint density at radius 3 is 1.95 bits per heavy atom. The number of rotatable bonds is 7. The number of hydrogen-bond acceptors (Lipinski definition) is 5. The van der Waals surface area contributed by atoms with E-state index in [-0.39, 0.29) is 18.9 Å². The summed E-state index contributed by atoms with van der Waals surface area (Å²) in [6.07, 6.45) is -4.51. The van der Waals surface area contributed by atoms with Crippen molar-refractivity contribution in [3.63, 3.8) is 0 Å². The first-order valence-corrected chi connectivity index (χ1v) is 13.5. The third-order valence-electron chi connectivity index (χ3n) is 7.28. The summed E-state index contributed by atoms with van der Waals surface area (Å²) < 4.78 is 37.4. The molecule has 0 radical (unpaired) electrons. The average Bonchev–Trinajstić information content (AvgIpc) is 3.60. The highest BCUT2D eigenvalue weighted by Gasteiger charge is 2.39. The fourth-order valence-corrected chi connectivity index (χ4v) is 5.32. The minimum absolute atomic E-state index is 0.0959. The Balaban J connectivity index is 0.000000541. The number of hydrogen-bond donors (Lipinski definition) is 3. The first-order valence-electron chi connectivity index (χ1n) is 13.5. The highest BCUT2D eigenvalue weighted by atomic mass is 19.4. The van der Waals surface area contributed by atoms with Gasteiger partial charge >= 0.3 is 24.2 Å². The van der Waals surface area contributed by atoms with Crippen molar-refractivity contribution in [2.75, 3.05) is 13.2 Å². The van der Waals surface area contributed by atoms with Gasteiger partial charge in [-0.1, -0.05) is 78.9 Å². The molecule has 2 aliphatic rings. The zero-order valence-electron chi connectivity index (χ0n) is 22.8. The van der Waals surface area contributed by atoms with Crippen LogP contribution in [0.3, 0.4) is 0 Å². The maximum Gasteiger partial charge on any atom is 0.490 e. The number of alkyl halides is 3. The molecule has 0 bridgehead atoms. The number of ether oxygens (including phenoxy) is 1. The second-order valence-electron chi connectivity index (χ2n) is 10.0. The number of nitrogens with one attached hydrogen (secondary N) is 1. The monoisotopic (exact) mass is 598 g/mol. The van der Waals surface area contributed by atoms with Crippen LogP contribution in [-0.2, 0) is 25.5 Å². The molecule has 1 saturated heterocycles. The van der Waals surface area contributed by atoms with E-state index < -0.39 is 42.2 Å². The van der Waals surface area contributed by atoms with Crippen LogP contribution < -0.4 is 5.32 Å². The quantitative estimate of drug-likeness (QED) is 0.354. The smallest absolute Gasteiger partial charge is 0.480 e. The van der Waals surface area contributed by atoms with Gasteiger partial charge in [0.2, 0.25) is 5.91 Å². The van der Waals surface area contributed by atoms with Gasteiger partial charge in [-0.05, 0) is 40.7 Å². The van der Waals surface area contributed by atoms with Crippen molar-refractivity contribution in [2.45, 2.75) is 43.4 Å². The molecule has 9 nitrogen and oxygen atoms in total. The fraction of sp³-hybridized carbons (Fsp3) is 0.290. The number of carbonyl (C=O) groups excluding carboxylic acids is 2. The molecule has 2 atom stereocenters. The molecule has 0 unspecified atom stereocenters. The number of halogens is 3. The fourth-order valence-electron chi connectivity index (χ4n) is 5.32. The number of benzene rings is 3. The molecular formula is C31H29F3N2O7. The minimum atomic E-state index is -5.08. The van der Waals surface area contributed by atoms with Crippen LogP contribution in [0, 0.1) is 0 Å². The Labute approximate surface area is 244 Å². The van der Waals surface area contributed by atoms with E-state index in [4.69, 9.17) is 14.6 Å². The van der Waals surface area contributed by atoms with Gasteiger partial charge in [0.15, 0.2) is 0 Å². The summed E-state index contributed by atoms with van der Waals surface area (Å²) in [5.41, 5.74) is 5.33. The van der Waals surface area contributed by atoms with Gasteiger partial charge in [-0.25, -0.2) is 14.4 Å². The zero-order chi connectivity index (χ0) is 31.1. The van der Waals surface area contributed by atoms with Gasteiger partial charge in [-0.2, -0.15) is 13.2 Å². The number of carbonyl (C=O) groups is 4. The van der Waals surface area contributed by atoms with Crippen molar-refractivity contribution in [3.8, 4) is 11.1 Å². The Bertz CT molecular complexity index is 1430. The van der Waals surface area contributed by atoms with Gasteiger partial charge in [0.05, 0.1) is 0 Å². The van der Waals surface area contributed by atoms with E-state index in [1.807, 2.05) is 66.7 Å². The highest BCUT2D eigenvalue weighted by molar-refractivity contribution is 5.90. The van der Waals surface area contributed by atoms with E-state index in [1.54, 1.807) is 0 Å². The summed E-state index contributed by atoms with van der Waals surface area (Å²) in [6, 6.07) is 23.7. The molecule has 3 N–H and O–H groups in total. The molecule has 2 amide bonds. The lowest BCUT2D eigenvalue weighted by Gasteiger charge is -2.27. The predicted molar refractivity (Wildman–Crippen MR) is 148 cm³/mol. The largest absolute Gasteiger partial charge is 0.490 e. The van der Waals surface area contributed by atoms with Crippen LogP contribution >= 0.6 is 0 Å². The summed E-state index contributed by atoms with van der Waals surface area (Å²) in [6.45, 7) is 0.487. The third-order valence-corrected chi connectivity index (χ3v) is 7.28.